The summed E-state index contributed by atoms with van der Waals surface area (Å²) in [6, 6.07) is 33.0. The molecule has 4 aromatic rings. The second-order valence-electron chi connectivity index (χ2n) is 7.84. The zero-order valence-electron chi connectivity index (χ0n) is 18.0. The van der Waals surface area contributed by atoms with Gasteiger partial charge in [-0.05, 0) is 85.3 Å². The lowest BCUT2D eigenvalue weighted by Crippen LogP contribution is -2.03. The molecule has 0 N–H and O–H groups in total. The van der Waals surface area contributed by atoms with E-state index in [4.69, 9.17) is 0 Å². The van der Waals surface area contributed by atoms with Gasteiger partial charge in [0.05, 0.1) is 0 Å². The van der Waals surface area contributed by atoms with E-state index in [1.54, 1.807) is 11.8 Å². The molecule has 0 heterocycles. The Kier molecular flexibility index (Phi) is 6.69. The second-order valence-corrected chi connectivity index (χ2v) is 8.99. The molecule has 0 aliphatic carbocycles. The van der Waals surface area contributed by atoms with Gasteiger partial charge in [-0.25, -0.2) is 0 Å². The summed E-state index contributed by atoms with van der Waals surface area (Å²) in [6.07, 6.45) is 2.11. The van der Waals surface area contributed by atoms with Crippen LogP contribution < -0.4 is 0 Å². The highest BCUT2D eigenvalue weighted by atomic mass is 32.2. The fraction of sp³-hybridized carbons (Fsp3) is 0.138. The number of hydrogen-bond acceptors (Lipinski definition) is 2. The Hall–Kier alpha value is -3.10. The smallest absolute Gasteiger partial charge is 0.193 e. The Morgan fingerprint density at radius 2 is 1.23 bits per heavy atom. The monoisotopic (exact) mass is 422 g/mol. The first kappa shape index (κ1) is 21.1. The zero-order valence-corrected chi connectivity index (χ0v) is 18.8. The maximum absolute atomic E-state index is 12.8. The number of carbonyl (C=O) groups is 1. The first-order chi connectivity index (χ1) is 15.1. The van der Waals surface area contributed by atoms with Crippen LogP contribution in [-0.4, -0.2) is 5.78 Å². The topological polar surface area (TPSA) is 17.1 Å². The van der Waals surface area contributed by atoms with Crippen LogP contribution in [-0.2, 0) is 12.8 Å². The van der Waals surface area contributed by atoms with Gasteiger partial charge in [0.2, 0.25) is 0 Å². The molecule has 0 spiro atoms. The van der Waals surface area contributed by atoms with Crippen LogP contribution in [0.4, 0.5) is 0 Å². The lowest BCUT2D eigenvalue weighted by atomic mass is 9.99. The van der Waals surface area contributed by atoms with Crippen molar-refractivity contribution in [3.8, 4) is 0 Å². The van der Waals surface area contributed by atoms with Crippen molar-refractivity contribution in [2.45, 2.75) is 36.5 Å². The van der Waals surface area contributed by atoms with Crippen molar-refractivity contribution in [2.75, 3.05) is 0 Å². The summed E-state index contributed by atoms with van der Waals surface area (Å²) >= 11 is 1.72. The normalized spacial score (nSPS) is 10.8. The molecule has 0 aromatic heterocycles. The van der Waals surface area contributed by atoms with Crippen LogP contribution in [0, 0.1) is 13.8 Å². The predicted octanol–water partition coefficient (Wildman–Crippen LogP) is 7.47. The summed E-state index contributed by atoms with van der Waals surface area (Å²) in [5.41, 5.74) is 6.63. The number of benzene rings is 4. The quantitative estimate of drug-likeness (QED) is 0.287. The molecular formula is C29H26OS. The van der Waals surface area contributed by atoms with E-state index >= 15 is 0 Å². The molecule has 2 heteroatoms. The largest absolute Gasteiger partial charge is 0.289 e. The molecule has 0 unspecified atom stereocenters. The van der Waals surface area contributed by atoms with Crippen molar-refractivity contribution >= 4 is 17.5 Å². The van der Waals surface area contributed by atoms with E-state index in [-0.39, 0.29) is 5.78 Å². The summed E-state index contributed by atoms with van der Waals surface area (Å²) in [6.45, 7) is 4.15. The Morgan fingerprint density at radius 3 is 1.87 bits per heavy atom. The van der Waals surface area contributed by atoms with E-state index < -0.39 is 0 Å². The third-order valence-corrected chi connectivity index (χ3v) is 6.63. The minimum Gasteiger partial charge on any atom is -0.289 e. The van der Waals surface area contributed by atoms with Gasteiger partial charge in [-0.3, -0.25) is 4.79 Å². The maximum Gasteiger partial charge on any atom is 0.193 e. The average Bonchev–Trinajstić information content (AvgIpc) is 2.80. The minimum absolute atomic E-state index is 0.0765. The number of rotatable bonds is 7. The molecule has 31 heavy (non-hydrogen) atoms. The van der Waals surface area contributed by atoms with Crippen molar-refractivity contribution in [1.29, 1.82) is 0 Å². The molecule has 0 bridgehead atoms. The van der Waals surface area contributed by atoms with Gasteiger partial charge >= 0.3 is 0 Å². The van der Waals surface area contributed by atoms with E-state index in [0.29, 0.717) is 0 Å². The van der Waals surface area contributed by atoms with Gasteiger partial charge in [0.25, 0.3) is 0 Å². The highest BCUT2D eigenvalue weighted by Crippen LogP contribution is 2.28. The minimum atomic E-state index is 0.0765. The summed E-state index contributed by atoms with van der Waals surface area (Å²) in [5.74, 6) is 0.0765. The van der Waals surface area contributed by atoms with Gasteiger partial charge in [0.15, 0.2) is 5.78 Å². The van der Waals surface area contributed by atoms with Crippen molar-refractivity contribution in [2.24, 2.45) is 0 Å². The summed E-state index contributed by atoms with van der Waals surface area (Å²) in [7, 11) is 0. The van der Waals surface area contributed by atoms with Crippen LogP contribution >= 0.6 is 11.8 Å². The molecule has 1 nitrogen and oxygen atoms in total. The highest BCUT2D eigenvalue weighted by Gasteiger charge is 2.11. The summed E-state index contributed by atoms with van der Waals surface area (Å²) < 4.78 is 0. The first-order valence-corrected chi connectivity index (χ1v) is 11.4. The van der Waals surface area contributed by atoms with Gasteiger partial charge in [-0.1, -0.05) is 72.4 Å². The lowest BCUT2D eigenvalue weighted by molar-refractivity contribution is 0.103. The second kappa shape index (κ2) is 9.80. The number of aryl methyl sites for hydroxylation is 4. The van der Waals surface area contributed by atoms with Crippen molar-refractivity contribution in [1.82, 2.24) is 0 Å². The fourth-order valence-corrected chi connectivity index (χ4v) is 4.50. The van der Waals surface area contributed by atoms with Gasteiger partial charge in [-0.15, -0.1) is 0 Å². The Morgan fingerprint density at radius 1 is 0.645 bits per heavy atom. The highest BCUT2D eigenvalue weighted by molar-refractivity contribution is 7.99. The van der Waals surface area contributed by atoms with Crippen LogP contribution in [0.2, 0.25) is 0 Å². The van der Waals surface area contributed by atoms with Gasteiger partial charge in [0, 0.05) is 20.9 Å². The molecule has 0 fully saturated rings. The van der Waals surface area contributed by atoms with Crippen LogP contribution in [0.5, 0.6) is 0 Å². The first-order valence-electron chi connectivity index (χ1n) is 10.6. The molecule has 4 rings (SSSR count). The SMILES string of the molecule is Cc1ccccc1CCc1ccc(Sc2ccc(C(=O)c3ccccc3C)cc2)cc1. The Labute approximate surface area is 189 Å². The molecule has 0 saturated heterocycles. The number of hydrogen-bond donors (Lipinski definition) is 0. The van der Waals surface area contributed by atoms with E-state index in [1.165, 1.54) is 21.6 Å². The zero-order chi connectivity index (χ0) is 21.6. The van der Waals surface area contributed by atoms with E-state index in [9.17, 15) is 4.79 Å². The van der Waals surface area contributed by atoms with Crippen molar-refractivity contribution in [3.05, 3.63) is 130 Å². The van der Waals surface area contributed by atoms with Crippen LogP contribution in [0.15, 0.2) is 107 Å². The third kappa shape index (κ3) is 5.34. The van der Waals surface area contributed by atoms with Gasteiger partial charge in [0.1, 0.15) is 0 Å². The molecular weight excluding hydrogens is 396 g/mol. The predicted molar refractivity (Wildman–Crippen MR) is 130 cm³/mol. The Bertz CT molecular complexity index is 1170. The lowest BCUT2D eigenvalue weighted by Gasteiger charge is -2.08. The molecule has 0 amide bonds. The summed E-state index contributed by atoms with van der Waals surface area (Å²) in [5, 5.41) is 0. The average molecular weight is 423 g/mol. The molecule has 4 aromatic carbocycles. The molecule has 0 aliphatic heterocycles. The molecule has 0 saturated carbocycles. The van der Waals surface area contributed by atoms with Crippen LogP contribution in [0.3, 0.4) is 0 Å². The molecule has 0 atom stereocenters. The van der Waals surface area contributed by atoms with Gasteiger partial charge < -0.3 is 0 Å². The number of ketones is 1. The van der Waals surface area contributed by atoms with E-state index in [2.05, 4.69) is 55.5 Å². The standard InChI is InChI=1S/C29H26OS/c1-21-7-3-5-9-24(21)14-11-23-12-17-26(18-13-23)31-27-19-15-25(16-20-27)29(30)28-10-6-4-8-22(28)2/h3-10,12-13,15-20H,11,14H2,1-2H3. The fourth-order valence-electron chi connectivity index (χ4n) is 3.69. The maximum atomic E-state index is 12.8. The van der Waals surface area contributed by atoms with E-state index in [1.807, 2.05) is 55.5 Å². The molecule has 154 valence electrons. The third-order valence-electron chi connectivity index (χ3n) is 5.61. The summed E-state index contributed by atoms with van der Waals surface area (Å²) in [4.78, 5) is 15.1. The van der Waals surface area contributed by atoms with Crippen molar-refractivity contribution in [3.63, 3.8) is 0 Å². The number of carbonyl (C=O) groups excluding carboxylic acids is 1. The van der Waals surface area contributed by atoms with Gasteiger partial charge in [-0.2, -0.15) is 0 Å². The van der Waals surface area contributed by atoms with Crippen LogP contribution in [0.1, 0.15) is 38.2 Å². The molecule has 0 radical (unpaired) electrons. The van der Waals surface area contributed by atoms with Crippen molar-refractivity contribution < 1.29 is 4.79 Å². The van der Waals surface area contributed by atoms with Crippen LogP contribution in [0.25, 0.3) is 0 Å². The van der Waals surface area contributed by atoms with E-state index in [0.717, 1.165) is 34.4 Å². The Balaban J connectivity index is 1.37. The molecule has 0 aliphatic rings.